The lowest BCUT2D eigenvalue weighted by atomic mass is 9.87. The van der Waals surface area contributed by atoms with E-state index in [2.05, 4.69) is 29.1 Å². The van der Waals surface area contributed by atoms with Crippen LogP contribution in [-0.4, -0.2) is 22.1 Å². The minimum absolute atomic E-state index is 0.135. The number of ether oxygens (including phenoxy) is 1. The summed E-state index contributed by atoms with van der Waals surface area (Å²) in [6.45, 7) is 8.59. The lowest BCUT2D eigenvalue weighted by Crippen LogP contribution is -2.31. The average Bonchev–Trinajstić information content (AvgIpc) is 2.58. The van der Waals surface area contributed by atoms with Crippen LogP contribution in [0.3, 0.4) is 0 Å². The van der Waals surface area contributed by atoms with Crippen LogP contribution in [0.5, 0.6) is 5.88 Å². The summed E-state index contributed by atoms with van der Waals surface area (Å²) in [5.74, 6) is 1.31. The van der Waals surface area contributed by atoms with E-state index < -0.39 is 0 Å². The predicted molar refractivity (Wildman–Crippen MR) is 72.8 cm³/mol. The topological polar surface area (TPSA) is 47.0 Å². The Morgan fingerprint density at radius 1 is 1.44 bits per heavy atom. The van der Waals surface area contributed by atoms with E-state index in [0.29, 0.717) is 23.3 Å². The van der Waals surface area contributed by atoms with Crippen LogP contribution in [0.4, 0.5) is 5.95 Å². The molecule has 0 aromatic carbocycles. The molecule has 1 saturated carbocycles. The van der Waals surface area contributed by atoms with E-state index in [0.717, 1.165) is 0 Å². The molecule has 1 heterocycles. The van der Waals surface area contributed by atoms with Crippen molar-refractivity contribution in [1.29, 1.82) is 0 Å². The molecule has 0 amide bonds. The number of hydrogen-bond donors (Lipinski definition) is 1. The quantitative estimate of drug-likeness (QED) is 0.889. The van der Waals surface area contributed by atoms with Crippen LogP contribution in [0.25, 0.3) is 0 Å². The summed E-state index contributed by atoms with van der Waals surface area (Å²) >= 11 is 0. The molecule has 1 N–H and O–H groups in total. The second kappa shape index (κ2) is 5.12. The molecule has 1 unspecified atom stereocenters. The van der Waals surface area contributed by atoms with E-state index in [1.54, 1.807) is 12.3 Å². The third-order valence-corrected chi connectivity index (χ3v) is 3.55. The van der Waals surface area contributed by atoms with Gasteiger partial charge < -0.3 is 10.1 Å². The van der Waals surface area contributed by atoms with Crippen LogP contribution in [0, 0.1) is 5.41 Å². The van der Waals surface area contributed by atoms with Crippen LogP contribution >= 0.6 is 0 Å². The van der Waals surface area contributed by atoms with E-state index in [-0.39, 0.29) is 6.10 Å². The molecule has 1 aromatic heterocycles. The number of nitrogens with zero attached hydrogens (tertiary/aromatic N) is 2. The molecule has 1 fully saturated rings. The number of hydrogen-bond acceptors (Lipinski definition) is 4. The standard InChI is InChI=1S/C14H23N3O/c1-10(2)18-12-7-9-15-13(17-12)16-11-6-5-8-14(11,3)4/h7,9-11H,5-6,8H2,1-4H3,(H,15,16,17). The molecule has 0 aliphatic heterocycles. The summed E-state index contributed by atoms with van der Waals surface area (Å²) in [5.41, 5.74) is 0.318. The third-order valence-electron chi connectivity index (χ3n) is 3.55. The Bertz CT molecular complexity index is 404. The average molecular weight is 249 g/mol. The van der Waals surface area contributed by atoms with Gasteiger partial charge in [0.25, 0.3) is 0 Å². The summed E-state index contributed by atoms with van der Waals surface area (Å²) in [5, 5.41) is 3.44. The van der Waals surface area contributed by atoms with Crippen LogP contribution in [0.2, 0.25) is 0 Å². The Balaban J connectivity index is 2.05. The molecular weight excluding hydrogens is 226 g/mol. The molecule has 1 aromatic rings. The number of nitrogens with one attached hydrogen (secondary N) is 1. The molecule has 0 saturated heterocycles. The largest absolute Gasteiger partial charge is 0.475 e. The maximum absolute atomic E-state index is 5.58. The Hall–Kier alpha value is -1.32. The van der Waals surface area contributed by atoms with Gasteiger partial charge in [0.05, 0.1) is 6.10 Å². The first-order chi connectivity index (χ1) is 8.47. The number of anilines is 1. The first-order valence-corrected chi connectivity index (χ1v) is 6.73. The van der Waals surface area contributed by atoms with Crippen molar-refractivity contribution in [2.24, 2.45) is 5.41 Å². The van der Waals surface area contributed by atoms with Crippen LogP contribution in [0.15, 0.2) is 12.3 Å². The number of aromatic nitrogens is 2. The minimum atomic E-state index is 0.135. The monoisotopic (exact) mass is 249 g/mol. The zero-order valence-electron chi connectivity index (χ0n) is 11.7. The smallest absolute Gasteiger partial charge is 0.226 e. The van der Waals surface area contributed by atoms with Crippen molar-refractivity contribution in [3.8, 4) is 5.88 Å². The van der Waals surface area contributed by atoms with Crippen LogP contribution < -0.4 is 10.1 Å². The Morgan fingerprint density at radius 2 is 2.22 bits per heavy atom. The van der Waals surface area contributed by atoms with Crippen molar-refractivity contribution >= 4 is 5.95 Å². The Labute approximate surface area is 109 Å². The highest BCUT2D eigenvalue weighted by atomic mass is 16.5. The summed E-state index contributed by atoms with van der Waals surface area (Å²) in [6, 6.07) is 2.25. The normalized spacial score (nSPS) is 22.2. The van der Waals surface area contributed by atoms with Crippen molar-refractivity contribution in [2.75, 3.05) is 5.32 Å². The molecule has 2 rings (SSSR count). The van der Waals surface area contributed by atoms with Gasteiger partial charge >= 0.3 is 0 Å². The third kappa shape index (κ3) is 3.12. The highest BCUT2D eigenvalue weighted by molar-refractivity contribution is 5.30. The highest BCUT2D eigenvalue weighted by Crippen LogP contribution is 2.38. The Morgan fingerprint density at radius 3 is 2.83 bits per heavy atom. The molecule has 0 radical (unpaired) electrons. The van der Waals surface area contributed by atoms with Crippen LogP contribution in [0.1, 0.15) is 47.0 Å². The van der Waals surface area contributed by atoms with Gasteiger partial charge in [-0.1, -0.05) is 20.3 Å². The van der Waals surface area contributed by atoms with Gasteiger partial charge in [0.2, 0.25) is 11.8 Å². The van der Waals surface area contributed by atoms with E-state index in [1.165, 1.54) is 19.3 Å². The summed E-state index contributed by atoms with van der Waals surface area (Å²) in [6.07, 6.45) is 5.59. The predicted octanol–water partition coefficient (Wildman–Crippen LogP) is 3.25. The SMILES string of the molecule is CC(C)Oc1ccnc(NC2CCCC2(C)C)n1. The Kier molecular flexibility index (Phi) is 3.73. The van der Waals surface area contributed by atoms with Crippen molar-refractivity contribution in [1.82, 2.24) is 9.97 Å². The van der Waals surface area contributed by atoms with Crippen molar-refractivity contribution in [3.05, 3.63) is 12.3 Å². The van der Waals surface area contributed by atoms with Crippen molar-refractivity contribution < 1.29 is 4.74 Å². The van der Waals surface area contributed by atoms with Crippen molar-refractivity contribution in [2.45, 2.75) is 59.1 Å². The molecule has 1 aliphatic rings. The van der Waals surface area contributed by atoms with Gasteiger partial charge in [0.1, 0.15) is 0 Å². The van der Waals surface area contributed by atoms with Gasteiger partial charge in [-0.3, -0.25) is 0 Å². The molecule has 4 heteroatoms. The fraction of sp³-hybridized carbons (Fsp3) is 0.714. The molecule has 100 valence electrons. The minimum Gasteiger partial charge on any atom is -0.475 e. The highest BCUT2D eigenvalue weighted by Gasteiger charge is 2.34. The molecule has 1 atom stereocenters. The molecule has 4 nitrogen and oxygen atoms in total. The van der Waals surface area contributed by atoms with Gasteiger partial charge in [0.15, 0.2) is 0 Å². The molecule has 18 heavy (non-hydrogen) atoms. The fourth-order valence-corrected chi connectivity index (χ4v) is 2.47. The zero-order valence-corrected chi connectivity index (χ0v) is 11.7. The second-order valence-corrected chi connectivity index (χ2v) is 5.96. The lowest BCUT2D eigenvalue weighted by molar-refractivity contribution is 0.232. The summed E-state index contributed by atoms with van der Waals surface area (Å²) < 4.78 is 5.58. The van der Waals surface area contributed by atoms with E-state index >= 15 is 0 Å². The van der Waals surface area contributed by atoms with Gasteiger partial charge in [-0.15, -0.1) is 0 Å². The number of rotatable bonds is 4. The van der Waals surface area contributed by atoms with Gasteiger partial charge in [-0.2, -0.15) is 4.98 Å². The summed E-state index contributed by atoms with van der Waals surface area (Å²) in [4.78, 5) is 8.67. The fourth-order valence-electron chi connectivity index (χ4n) is 2.47. The summed E-state index contributed by atoms with van der Waals surface area (Å²) in [7, 11) is 0. The first-order valence-electron chi connectivity index (χ1n) is 6.73. The van der Waals surface area contributed by atoms with Gasteiger partial charge in [-0.25, -0.2) is 4.98 Å². The zero-order chi connectivity index (χ0) is 13.2. The van der Waals surface area contributed by atoms with Crippen molar-refractivity contribution in [3.63, 3.8) is 0 Å². The lowest BCUT2D eigenvalue weighted by Gasteiger charge is -2.27. The molecule has 0 bridgehead atoms. The van der Waals surface area contributed by atoms with E-state index in [4.69, 9.17) is 4.74 Å². The van der Waals surface area contributed by atoms with E-state index in [1.807, 2.05) is 13.8 Å². The molecular formula is C14H23N3O. The molecule has 1 aliphatic carbocycles. The maximum atomic E-state index is 5.58. The van der Waals surface area contributed by atoms with E-state index in [9.17, 15) is 0 Å². The first kappa shape index (κ1) is 13.1. The van der Waals surface area contributed by atoms with Gasteiger partial charge in [0, 0.05) is 18.3 Å². The van der Waals surface area contributed by atoms with Gasteiger partial charge in [-0.05, 0) is 32.1 Å². The molecule has 0 spiro atoms. The maximum Gasteiger partial charge on any atom is 0.226 e. The van der Waals surface area contributed by atoms with Crippen LogP contribution in [-0.2, 0) is 0 Å². The second-order valence-electron chi connectivity index (χ2n) is 5.96.